The van der Waals surface area contributed by atoms with Gasteiger partial charge in [-0.2, -0.15) is 0 Å². The number of carbonyl (C=O) groups is 1. The Bertz CT molecular complexity index is 639. The second-order valence-corrected chi connectivity index (χ2v) is 7.70. The number of hydrogen-bond acceptors (Lipinski definition) is 6. The molecule has 0 bridgehead atoms. The summed E-state index contributed by atoms with van der Waals surface area (Å²) < 4.78 is 5.12. The molecule has 1 aromatic rings. The van der Waals surface area contributed by atoms with Crippen molar-refractivity contribution in [2.24, 2.45) is 0 Å². The summed E-state index contributed by atoms with van der Waals surface area (Å²) in [4.78, 5) is 18.7. The third kappa shape index (κ3) is 4.70. The summed E-state index contributed by atoms with van der Waals surface area (Å²) >= 11 is 0. The largest absolute Gasteiger partial charge is 0.497 e. The molecule has 1 aromatic carbocycles. The third-order valence-corrected chi connectivity index (χ3v) is 5.37. The molecule has 0 radical (unpaired) electrons. The van der Waals surface area contributed by atoms with Crippen LogP contribution in [-0.2, 0) is 0 Å². The molecule has 4 unspecified atom stereocenters. The lowest BCUT2D eigenvalue weighted by Crippen LogP contribution is -2.67. The van der Waals surface area contributed by atoms with Crippen LogP contribution >= 0.6 is 0 Å². The first-order valence-corrected chi connectivity index (χ1v) is 9.34. The summed E-state index contributed by atoms with van der Waals surface area (Å²) in [5.41, 5.74) is 0.661. The summed E-state index contributed by atoms with van der Waals surface area (Å²) in [7, 11) is 5.64. The summed E-state index contributed by atoms with van der Waals surface area (Å²) in [5.74, 6) is 0.717. The zero-order valence-corrected chi connectivity index (χ0v) is 16.2. The van der Waals surface area contributed by atoms with Gasteiger partial charge in [0.2, 0.25) is 0 Å². The fourth-order valence-electron chi connectivity index (χ4n) is 3.88. The first kappa shape index (κ1) is 19.9. The molecule has 27 heavy (non-hydrogen) atoms. The van der Waals surface area contributed by atoms with Crippen LogP contribution in [0.4, 0.5) is 10.5 Å². The van der Waals surface area contributed by atoms with Crippen molar-refractivity contribution in [2.75, 3.05) is 52.7 Å². The molecule has 0 saturated carbocycles. The molecule has 2 heterocycles. The van der Waals surface area contributed by atoms with Gasteiger partial charge < -0.3 is 30.1 Å². The monoisotopic (exact) mass is 378 g/mol. The fourth-order valence-corrected chi connectivity index (χ4v) is 3.88. The second kappa shape index (κ2) is 8.43. The number of β-amino-alcohol motifs (C(OH)–C–C–N with tert-alkyl or cyclic N) is 1. The molecule has 2 amide bonds. The number of likely N-dealkylation sites (N-methyl/N-ethyl adjacent to an activating group) is 1. The van der Waals surface area contributed by atoms with Gasteiger partial charge in [-0.3, -0.25) is 4.90 Å². The lowest BCUT2D eigenvalue weighted by Gasteiger charge is -2.53. The van der Waals surface area contributed by atoms with Crippen molar-refractivity contribution < 1.29 is 19.7 Å². The van der Waals surface area contributed by atoms with Gasteiger partial charge in [0, 0.05) is 37.4 Å². The molecule has 2 aliphatic heterocycles. The van der Waals surface area contributed by atoms with E-state index in [0.29, 0.717) is 24.8 Å². The van der Waals surface area contributed by atoms with Gasteiger partial charge in [-0.25, -0.2) is 4.79 Å². The van der Waals surface area contributed by atoms with Gasteiger partial charge in [0.05, 0.1) is 25.9 Å². The van der Waals surface area contributed by atoms with E-state index in [4.69, 9.17) is 4.74 Å². The Morgan fingerprint density at radius 2 is 1.85 bits per heavy atom. The van der Waals surface area contributed by atoms with E-state index in [0.717, 1.165) is 18.7 Å². The van der Waals surface area contributed by atoms with E-state index in [1.165, 1.54) is 0 Å². The molecule has 3 N–H and O–H groups in total. The van der Waals surface area contributed by atoms with Crippen LogP contribution < -0.4 is 10.1 Å². The summed E-state index contributed by atoms with van der Waals surface area (Å²) in [6, 6.07) is 7.38. The molecule has 8 nitrogen and oxygen atoms in total. The lowest BCUT2D eigenvalue weighted by atomic mass is 9.89. The first-order valence-electron chi connectivity index (χ1n) is 9.34. The Kier molecular flexibility index (Phi) is 6.21. The zero-order chi connectivity index (χ0) is 19.6. The van der Waals surface area contributed by atoms with E-state index in [1.807, 2.05) is 14.1 Å². The molecule has 0 spiro atoms. The Balaban J connectivity index is 1.66. The number of anilines is 1. The average Bonchev–Trinajstić information content (AvgIpc) is 2.63. The Morgan fingerprint density at radius 1 is 1.19 bits per heavy atom. The Labute approximate surface area is 160 Å². The molecular formula is C19H30N4O4. The number of nitrogens with zero attached hydrogens (tertiary/aromatic N) is 3. The number of amides is 2. The minimum absolute atomic E-state index is 0.117. The van der Waals surface area contributed by atoms with E-state index in [9.17, 15) is 15.0 Å². The zero-order valence-electron chi connectivity index (χ0n) is 16.2. The maximum atomic E-state index is 12.7. The normalized spacial score (nSPS) is 28.7. The number of aliphatic hydroxyl groups excluding tert-OH is 2. The van der Waals surface area contributed by atoms with Gasteiger partial charge in [-0.15, -0.1) is 0 Å². The van der Waals surface area contributed by atoms with Crippen molar-refractivity contribution in [1.29, 1.82) is 0 Å². The van der Waals surface area contributed by atoms with Gasteiger partial charge in [-0.05, 0) is 44.8 Å². The first-order chi connectivity index (χ1) is 12.9. The van der Waals surface area contributed by atoms with Crippen LogP contribution in [0.15, 0.2) is 24.3 Å². The molecule has 0 aromatic heterocycles. The number of urea groups is 1. The summed E-state index contributed by atoms with van der Waals surface area (Å²) in [6.07, 6.45) is -0.852. The predicted molar refractivity (Wildman–Crippen MR) is 103 cm³/mol. The van der Waals surface area contributed by atoms with Crippen molar-refractivity contribution in [3.63, 3.8) is 0 Å². The summed E-state index contributed by atoms with van der Waals surface area (Å²) in [6.45, 7) is 2.00. The van der Waals surface area contributed by atoms with Crippen LogP contribution in [0.25, 0.3) is 0 Å². The number of methoxy groups -OCH3 is 1. The molecule has 2 fully saturated rings. The van der Waals surface area contributed by atoms with Crippen LogP contribution in [-0.4, -0.2) is 103 Å². The highest BCUT2D eigenvalue weighted by Crippen LogP contribution is 2.29. The maximum absolute atomic E-state index is 12.7. The van der Waals surface area contributed by atoms with Gasteiger partial charge >= 0.3 is 6.03 Å². The lowest BCUT2D eigenvalue weighted by molar-refractivity contribution is -0.0921. The molecule has 2 aliphatic rings. The van der Waals surface area contributed by atoms with Crippen LogP contribution in [0.3, 0.4) is 0 Å². The van der Waals surface area contributed by atoms with Gasteiger partial charge in [-0.1, -0.05) is 0 Å². The molecule has 3 rings (SSSR count). The van der Waals surface area contributed by atoms with Crippen molar-refractivity contribution in [3.05, 3.63) is 24.3 Å². The summed E-state index contributed by atoms with van der Waals surface area (Å²) in [5, 5.41) is 23.5. The second-order valence-electron chi connectivity index (χ2n) is 7.70. The number of hydrogen-bond donors (Lipinski definition) is 3. The molecule has 150 valence electrons. The third-order valence-electron chi connectivity index (χ3n) is 5.37. The smallest absolute Gasteiger partial charge is 0.321 e. The molecule has 2 saturated heterocycles. The topological polar surface area (TPSA) is 88.5 Å². The highest BCUT2D eigenvalue weighted by atomic mass is 16.5. The molecule has 0 aliphatic carbocycles. The number of carbonyl (C=O) groups excluding carboxylic acids is 1. The number of ether oxygens (including phenoxy) is 1. The van der Waals surface area contributed by atoms with Crippen LogP contribution in [0.2, 0.25) is 0 Å². The van der Waals surface area contributed by atoms with Crippen LogP contribution in [0, 0.1) is 0 Å². The molecule has 4 atom stereocenters. The van der Waals surface area contributed by atoms with E-state index >= 15 is 0 Å². The highest BCUT2D eigenvalue weighted by molar-refractivity contribution is 5.89. The van der Waals surface area contributed by atoms with Gasteiger partial charge in [0.1, 0.15) is 5.75 Å². The highest BCUT2D eigenvalue weighted by Gasteiger charge is 2.43. The van der Waals surface area contributed by atoms with E-state index < -0.39 is 12.2 Å². The minimum Gasteiger partial charge on any atom is -0.497 e. The van der Waals surface area contributed by atoms with Crippen molar-refractivity contribution >= 4 is 11.7 Å². The molecular weight excluding hydrogens is 348 g/mol. The SMILES string of the molecule is COc1ccc(NC(=O)N2CC(O)C(O)CN3C(CN(C)C)CC3C2)cc1. The van der Waals surface area contributed by atoms with Crippen LogP contribution in [0.5, 0.6) is 5.75 Å². The maximum Gasteiger partial charge on any atom is 0.321 e. The fraction of sp³-hybridized carbons (Fsp3) is 0.632. The number of aliphatic hydroxyl groups is 2. The van der Waals surface area contributed by atoms with Crippen molar-refractivity contribution in [1.82, 2.24) is 14.7 Å². The van der Waals surface area contributed by atoms with Gasteiger partial charge in [0.15, 0.2) is 0 Å². The predicted octanol–water partition coefficient (Wildman–Crippen LogP) is 0.269. The average molecular weight is 378 g/mol. The van der Waals surface area contributed by atoms with Crippen molar-refractivity contribution in [3.8, 4) is 5.75 Å². The number of nitrogens with one attached hydrogen (secondary N) is 1. The van der Waals surface area contributed by atoms with Crippen LogP contribution in [0.1, 0.15) is 6.42 Å². The molecule has 8 heteroatoms. The Morgan fingerprint density at radius 3 is 2.48 bits per heavy atom. The van der Waals surface area contributed by atoms with Gasteiger partial charge in [0.25, 0.3) is 0 Å². The Hall–Kier alpha value is -1.87. The van der Waals surface area contributed by atoms with E-state index in [2.05, 4.69) is 15.1 Å². The number of rotatable bonds is 4. The van der Waals surface area contributed by atoms with Crippen molar-refractivity contribution in [2.45, 2.75) is 30.7 Å². The standard InChI is InChI=1S/C19H30N4O4/c1-21(2)9-14-8-15-10-22(11-17(24)18(25)12-23(14)15)19(26)20-13-4-6-16(27-3)7-5-13/h4-7,14-15,17-18,24-25H,8-12H2,1-3H3,(H,20,26). The van der Waals surface area contributed by atoms with E-state index in [1.54, 1.807) is 36.3 Å². The minimum atomic E-state index is -0.965. The quantitative estimate of drug-likeness (QED) is 0.697. The number of benzene rings is 1. The number of fused-ring (bicyclic) bond motifs is 1. The van der Waals surface area contributed by atoms with E-state index in [-0.39, 0.29) is 18.6 Å².